The van der Waals surface area contributed by atoms with E-state index in [1.165, 1.54) is 128 Å². The summed E-state index contributed by atoms with van der Waals surface area (Å²) in [6.07, 6.45) is 30.1. The van der Waals surface area contributed by atoms with Crippen molar-refractivity contribution in [3.05, 3.63) is 57.6 Å². The number of nitrogens with one attached hydrogen (secondary N) is 1. The fourth-order valence-electron chi connectivity index (χ4n) is 6.51. The molecule has 0 fully saturated rings. The van der Waals surface area contributed by atoms with Crippen LogP contribution in [0.25, 0.3) is 0 Å². The van der Waals surface area contributed by atoms with Gasteiger partial charge in [-0.2, -0.15) is 0 Å². The number of amides is 1. The first-order valence-corrected chi connectivity index (χ1v) is 19.2. The predicted molar refractivity (Wildman–Crippen MR) is 198 cm³/mol. The second-order valence-electron chi connectivity index (χ2n) is 14.0. The SMILES string of the molecule is CCCCCCCCCCCCCCCCCCCCCCCCNC(=O)c1cc(C)c(OC(=O)c2cc(C)c(O)c(C)c2)c(C)c1. The van der Waals surface area contributed by atoms with Crippen LogP contribution in [0.2, 0.25) is 0 Å². The third-order valence-electron chi connectivity index (χ3n) is 9.46. The quantitative estimate of drug-likeness (QED) is 0.0604. The number of phenolic OH excluding ortho intramolecular Hbond substituents is 1. The molecule has 0 radical (unpaired) electrons. The third kappa shape index (κ3) is 16.7. The zero-order valence-corrected chi connectivity index (χ0v) is 30.7. The number of benzene rings is 2. The van der Waals surface area contributed by atoms with Gasteiger partial charge in [0.25, 0.3) is 5.91 Å². The Morgan fingerprint density at radius 3 is 1.26 bits per heavy atom. The first-order valence-electron chi connectivity index (χ1n) is 19.2. The summed E-state index contributed by atoms with van der Waals surface area (Å²) in [5.74, 6) is 0.0755. The molecular weight excluding hydrogens is 582 g/mol. The van der Waals surface area contributed by atoms with Crippen molar-refractivity contribution < 1.29 is 19.4 Å². The molecule has 0 spiro atoms. The van der Waals surface area contributed by atoms with E-state index in [2.05, 4.69) is 12.2 Å². The molecule has 2 aromatic carbocycles. The molecule has 0 unspecified atom stereocenters. The van der Waals surface area contributed by atoms with Gasteiger partial charge in [0.05, 0.1) is 5.56 Å². The molecule has 0 heterocycles. The first kappa shape index (κ1) is 40.4. The summed E-state index contributed by atoms with van der Waals surface area (Å²) in [4.78, 5) is 25.6. The number of aromatic hydroxyl groups is 1. The second-order valence-corrected chi connectivity index (χ2v) is 14.0. The largest absolute Gasteiger partial charge is 0.507 e. The molecule has 0 aliphatic carbocycles. The van der Waals surface area contributed by atoms with Gasteiger partial charge in [0, 0.05) is 12.1 Å². The van der Waals surface area contributed by atoms with Crippen LogP contribution in [-0.2, 0) is 0 Å². The number of hydrogen-bond acceptors (Lipinski definition) is 4. The van der Waals surface area contributed by atoms with Crippen molar-refractivity contribution in [3.63, 3.8) is 0 Å². The van der Waals surface area contributed by atoms with Crippen LogP contribution < -0.4 is 10.1 Å². The van der Waals surface area contributed by atoms with Crippen LogP contribution in [0.1, 0.15) is 191 Å². The molecule has 0 saturated carbocycles. The van der Waals surface area contributed by atoms with Gasteiger partial charge < -0.3 is 15.2 Å². The van der Waals surface area contributed by atoms with Gasteiger partial charge >= 0.3 is 5.97 Å². The van der Waals surface area contributed by atoms with E-state index in [0.29, 0.717) is 34.5 Å². The van der Waals surface area contributed by atoms with E-state index in [1.54, 1.807) is 38.1 Å². The fourth-order valence-corrected chi connectivity index (χ4v) is 6.51. The average Bonchev–Trinajstić information content (AvgIpc) is 3.05. The lowest BCUT2D eigenvalue weighted by Gasteiger charge is -2.14. The minimum Gasteiger partial charge on any atom is -0.507 e. The van der Waals surface area contributed by atoms with E-state index in [1.807, 2.05) is 13.8 Å². The van der Waals surface area contributed by atoms with Crippen LogP contribution in [0.3, 0.4) is 0 Å². The van der Waals surface area contributed by atoms with Crippen molar-refractivity contribution in [2.75, 3.05) is 6.54 Å². The fraction of sp³-hybridized carbons (Fsp3) is 0.667. The number of esters is 1. The van der Waals surface area contributed by atoms with Crippen LogP contribution in [-0.4, -0.2) is 23.5 Å². The van der Waals surface area contributed by atoms with E-state index in [0.717, 1.165) is 24.0 Å². The van der Waals surface area contributed by atoms with Crippen molar-refractivity contribution in [1.82, 2.24) is 5.32 Å². The highest BCUT2D eigenvalue weighted by atomic mass is 16.5. The molecule has 0 aliphatic rings. The van der Waals surface area contributed by atoms with Gasteiger partial charge in [0.2, 0.25) is 0 Å². The maximum absolute atomic E-state index is 12.8. The normalized spacial score (nSPS) is 11.2. The zero-order valence-electron chi connectivity index (χ0n) is 30.7. The van der Waals surface area contributed by atoms with Crippen LogP contribution in [0.4, 0.5) is 0 Å². The van der Waals surface area contributed by atoms with E-state index < -0.39 is 5.97 Å². The van der Waals surface area contributed by atoms with E-state index in [-0.39, 0.29) is 11.7 Å². The minimum atomic E-state index is -0.482. The Kier molecular flexibility index (Phi) is 20.9. The molecule has 0 saturated heterocycles. The Balaban J connectivity index is 1.46. The molecule has 2 N–H and O–H groups in total. The van der Waals surface area contributed by atoms with Crippen molar-refractivity contribution >= 4 is 11.9 Å². The molecule has 0 bridgehead atoms. The van der Waals surface area contributed by atoms with Crippen molar-refractivity contribution in [2.24, 2.45) is 0 Å². The smallest absolute Gasteiger partial charge is 0.343 e. The van der Waals surface area contributed by atoms with E-state index >= 15 is 0 Å². The standard InChI is InChI=1S/C42H67NO4/c1-6-7-8-9-10-11-12-13-14-15-16-17-18-19-20-21-22-23-24-25-26-27-28-43-41(45)37-31-35(4)40(36(5)32-37)47-42(46)38-29-33(2)39(44)34(3)30-38/h29-32,44H,6-28H2,1-5H3,(H,43,45). The molecule has 0 aliphatic heterocycles. The summed E-state index contributed by atoms with van der Waals surface area (Å²) in [7, 11) is 0. The number of hydrogen-bond donors (Lipinski definition) is 2. The van der Waals surface area contributed by atoms with Gasteiger partial charge in [0.1, 0.15) is 11.5 Å². The predicted octanol–water partition coefficient (Wildman–Crippen LogP) is 12.2. The highest BCUT2D eigenvalue weighted by molar-refractivity contribution is 5.95. The highest BCUT2D eigenvalue weighted by Crippen LogP contribution is 2.28. The van der Waals surface area contributed by atoms with Gasteiger partial charge in [-0.1, -0.05) is 142 Å². The van der Waals surface area contributed by atoms with Crippen LogP contribution in [0.15, 0.2) is 24.3 Å². The lowest BCUT2D eigenvalue weighted by molar-refractivity contribution is 0.0732. The van der Waals surface area contributed by atoms with Gasteiger partial charge in [-0.05, 0) is 80.6 Å². The lowest BCUT2D eigenvalue weighted by Crippen LogP contribution is -2.24. The van der Waals surface area contributed by atoms with Gasteiger partial charge in [0.15, 0.2) is 0 Å². The first-order chi connectivity index (χ1) is 22.7. The lowest BCUT2D eigenvalue weighted by atomic mass is 10.0. The summed E-state index contributed by atoms with van der Waals surface area (Å²) in [5, 5.41) is 13.0. The van der Waals surface area contributed by atoms with Crippen LogP contribution >= 0.6 is 0 Å². The third-order valence-corrected chi connectivity index (χ3v) is 9.46. The minimum absolute atomic E-state index is 0.0950. The van der Waals surface area contributed by atoms with E-state index in [4.69, 9.17) is 4.74 Å². The summed E-state index contributed by atoms with van der Waals surface area (Å²) in [6, 6.07) is 6.80. The molecule has 1 amide bonds. The molecule has 5 heteroatoms. The molecule has 2 aromatic rings. The number of aryl methyl sites for hydroxylation is 4. The van der Waals surface area contributed by atoms with Crippen molar-refractivity contribution in [2.45, 2.75) is 176 Å². The second kappa shape index (κ2) is 24.3. The summed E-state index contributed by atoms with van der Waals surface area (Å²) in [5.41, 5.74) is 3.69. The maximum Gasteiger partial charge on any atom is 0.343 e. The Hall–Kier alpha value is -2.82. The highest BCUT2D eigenvalue weighted by Gasteiger charge is 2.17. The average molecular weight is 650 g/mol. The van der Waals surface area contributed by atoms with Crippen LogP contribution in [0, 0.1) is 27.7 Å². The van der Waals surface area contributed by atoms with E-state index in [9.17, 15) is 14.7 Å². The summed E-state index contributed by atoms with van der Waals surface area (Å²) < 4.78 is 5.71. The molecular formula is C42H67NO4. The topological polar surface area (TPSA) is 75.6 Å². The number of carbonyl (C=O) groups excluding carboxylic acids is 2. The molecule has 0 aromatic heterocycles. The number of rotatable bonds is 26. The van der Waals surface area contributed by atoms with Crippen LogP contribution in [0.5, 0.6) is 11.5 Å². The Morgan fingerprint density at radius 1 is 0.532 bits per heavy atom. The molecule has 264 valence electrons. The maximum atomic E-state index is 12.8. The molecule has 0 atom stereocenters. The Bertz CT molecular complexity index is 1140. The zero-order chi connectivity index (χ0) is 34.3. The summed E-state index contributed by atoms with van der Waals surface area (Å²) in [6.45, 7) is 10.2. The molecule has 5 nitrogen and oxygen atoms in total. The van der Waals surface area contributed by atoms with Gasteiger partial charge in [-0.15, -0.1) is 0 Å². The number of phenols is 1. The van der Waals surface area contributed by atoms with Gasteiger partial charge in [-0.25, -0.2) is 4.79 Å². The van der Waals surface area contributed by atoms with Crippen molar-refractivity contribution in [1.29, 1.82) is 0 Å². The molecule has 2 rings (SSSR count). The van der Waals surface area contributed by atoms with Crippen molar-refractivity contribution in [3.8, 4) is 11.5 Å². The number of unbranched alkanes of at least 4 members (excludes halogenated alkanes) is 21. The Labute approximate surface area is 287 Å². The summed E-state index contributed by atoms with van der Waals surface area (Å²) >= 11 is 0. The monoisotopic (exact) mass is 650 g/mol. The number of ether oxygens (including phenoxy) is 1. The Morgan fingerprint density at radius 2 is 0.872 bits per heavy atom. The number of carbonyl (C=O) groups is 2. The van der Waals surface area contributed by atoms with Gasteiger partial charge in [-0.3, -0.25) is 4.79 Å². The molecule has 47 heavy (non-hydrogen) atoms.